The molecule has 3 heteroatoms. The van der Waals surface area contributed by atoms with E-state index in [2.05, 4.69) is 28.9 Å². The van der Waals surface area contributed by atoms with Gasteiger partial charge in [0.15, 0.2) is 11.5 Å². The Bertz CT molecular complexity index is 323. The number of fused-ring (bicyclic) bond motifs is 1. The first-order valence-electron chi connectivity index (χ1n) is 4.81. The fraction of sp³-hybridized carbons (Fsp3) is 0.455. The van der Waals surface area contributed by atoms with E-state index in [1.807, 2.05) is 12.1 Å². The third kappa shape index (κ3) is 2.03. The maximum Gasteiger partial charge on any atom is 0.161 e. The molecule has 0 N–H and O–H groups in total. The van der Waals surface area contributed by atoms with Gasteiger partial charge in [-0.25, -0.2) is 0 Å². The van der Waals surface area contributed by atoms with Crippen molar-refractivity contribution in [2.45, 2.75) is 18.2 Å². The van der Waals surface area contributed by atoms with Crippen molar-refractivity contribution in [1.29, 1.82) is 0 Å². The Labute approximate surface area is 92.3 Å². The molecule has 0 saturated carbocycles. The van der Waals surface area contributed by atoms with Gasteiger partial charge in [0, 0.05) is 11.2 Å². The first kappa shape index (κ1) is 9.84. The van der Waals surface area contributed by atoms with E-state index in [0.29, 0.717) is 4.83 Å². The second kappa shape index (κ2) is 4.22. The molecule has 1 aliphatic rings. The number of hydrogen-bond acceptors (Lipinski definition) is 2. The van der Waals surface area contributed by atoms with Crippen LogP contribution in [0.5, 0.6) is 11.5 Å². The van der Waals surface area contributed by atoms with Crippen LogP contribution in [0.2, 0.25) is 0 Å². The summed E-state index contributed by atoms with van der Waals surface area (Å²) in [5.41, 5.74) is 1.22. The smallest absolute Gasteiger partial charge is 0.161 e. The number of hydrogen-bond donors (Lipinski definition) is 0. The van der Waals surface area contributed by atoms with Gasteiger partial charge in [0.2, 0.25) is 0 Å². The third-order valence-corrected chi connectivity index (χ3v) is 2.76. The number of ether oxygens (including phenoxy) is 2. The molecule has 1 heterocycles. The lowest BCUT2D eigenvalue weighted by molar-refractivity contribution is 0.297. The molecular formula is C11H13BrO2. The highest BCUT2D eigenvalue weighted by Crippen LogP contribution is 2.34. The molecule has 0 aromatic heterocycles. The van der Waals surface area contributed by atoms with Crippen LogP contribution in [0.15, 0.2) is 18.2 Å². The first-order chi connectivity index (χ1) is 6.77. The summed E-state index contributed by atoms with van der Waals surface area (Å²) < 4.78 is 11.1. The maximum atomic E-state index is 5.59. The highest BCUT2D eigenvalue weighted by molar-refractivity contribution is 9.09. The molecule has 0 unspecified atom stereocenters. The van der Waals surface area contributed by atoms with E-state index in [1.54, 1.807) is 0 Å². The van der Waals surface area contributed by atoms with Gasteiger partial charge in [-0.1, -0.05) is 22.0 Å². The van der Waals surface area contributed by atoms with Gasteiger partial charge in [0.05, 0.1) is 13.2 Å². The quantitative estimate of drug-likeness (QED) is 0.718. The van der Waals surface area contributed by atoms with Crippen molar-refractivity contribution in [2.24, 2.45) is 0 Å². The molecule has 76 valence electrons. The van der Waals surface area contributed by atoms with Gasteiger partial charge in [-0.15, -0.1) is 0 Å². The SMILES string of the molecule is C[C@@H](Br)c1ccc2c(c1)OCCCO2. The van der Waals surface area contributed by atoms with Gasteiger partial charge in [0.1, 0.15) is 0 Å². The van der Waals surface area contributed by atoms with Crippen LogP contribution in [0.3, 0.4) is 0 Å². The minimum absolute atomic E-state index is 0.347. The minimum Gasteiger partial charge on any atom is -0.490 e. The molecule has 14 heavy (non-hydrogen) atoms. The van der Waals surface area contributed by atoms with Crippen molar-refractivity contribution < 1.29 is 9.47 Å². The normalized spacial score (nSPS) is 17.3. The molecule has 1 aromatic rings. The van der Waals surface area contributed by atoms with Gasteiger partial charge < -0.3 is 9.47 Å². The van der Waals surface area contributed by atoms with Crippen LogP contribution in [-0.2, 0) is 0 Å². The minimum atomic E-state index is 0.347. The predicted octanol–water partition coefficient (Wildman–Crippen LogP) is 3.30. The largest absolute Gasteiger partial charge is 0.490 e. The van der Waals surface area contributed by atoms with Gasteiger partial charge >= 0.3 is 0 Å². The molecule has 2 rings (SSSR count). The highest BCUT2D eigenvalue weighted by Gasteiger charge is 2.11. The molecule has 0 saturated heterocycles. The van der Waals surface area contributed by atoms with Crippen LogP contribution in [0.25, 0.3) is 0 Å². The monoisotopic (exact) mass is 256 g/mol. The summed E-state index contributed by atoms with van der Waals surface area (Å²) in [4.78, 5) is 0.347. The summed E-state index contributed by atoms with van der Waals surface area (Å²) in [7, 11) is 0. The van der Waals surface area contributed by atoms with E-state index in [9.17, 15) is 0 Å². The van der Waals surface area contributed by atoms with Crippen molar-refractivity contribution in [3.05, 3.63) is 23.8 Å². The van der Waals surface area contributed by atoms with Gasteiger partial charge in [-0.2, -0.15) is 0 Å². The van der Waals surface area contributed by atoms with Crippen LogP contribution >= 0.6 is 15.9 Å². The zero-order valence-electron chi connectivity index (χ0n) is 8.13. The van der Waals surface area contributed by atoms with Crippen molar-refractivity contribution >= 4 is 15.9 Å². The Morgan fingerprint density at radius 1 is 1.21 bits per heavy atom. The third-order valence-electron chi connectivity index (χ3n) is 2.23. The molecule has 0 bridgehead atoms. The number of halogens is 1. The van der Waals surface area contributed by atoms with E-state index in [1.165, 1.54) is 5.56 Å². The Morgan fingerprint density at radius 3 is 2.64 bits per heavy atom. The molecule has 2 nitrogen and oxygen atoms in total. The lowest BCUT2D eigenvalue weighted by Crippen LogP contribution is -1.97. The summed E-state index contributed by atoms with van der Waals surface area (Å²) in [6.07, 6.45) is 0.952. The van der Waals surface area contributed by atoms with Crippen molar-refractivity contribution in [2.75, 3.05) is 13.2 Å². The standard InChI is InChI=1S/C11H13BrO2/c1-8(12)9-3-4-10-11(7-9)14-6-2-5-13-10/h3-4,7-8H,2,5-6H2,1H3/t8-/m1/s1. The fourth-order valence-electron chi connectivity index (χ4n) is 1.43. The molecular weight excluding hydrogens is 244 g/mol. The van der Waals surface area contributed by atoms with Gasteiger partial charge in [0.25, 0.3) is 0 Å². The van der Waals surface area contributed by atoms with Crippen LogP contribution in [0, 0.1) is 0 Å². The summed E-state index contributed by atoms with van der Waals surface area (Å²) in [5, 5.41) is 0. The molecule has 1 aliphatic heterocycles. The van der Waals surface area contributed by atoms with Gasteiger partial charge in [-0.05, 0) is 24.6 Å². The van der Waals surface area contributed by atoms with Crippen LogP contribution in [0.4, 0.5) is 0 Å². The average molecular weight is 257 g/mol. The van der Waals surface area contributed by atoms with E-state index < -0.39 is 0 Å². The lowest BCUT2D eigenvalue weighted by atomic mass is 10.1. The Hall–Kier alpha value is -0.700. The average Bonchev–Trinajstić information content (AvgIpc) is 2.41. The Kier molecular flexibility index (Phi) is 2.96. The van der Waals surface area contributed by atoms with Gasteiger partial charge in [-0.3, -0.25) is 0 Å². The maximum absolute atomic E-state index is 5.59. The molecule has 1 atom stereocenters. The number of alkyl halides is 1. The molecule has 0 amide bonds. The Morgan fingerprint density at radius 2 is 1.93 bits per heavy atom. The second-order valence-corrected chi connectivity index (χ2v) is 4.75. The van der Waals surface area contributed by atoms with E-state index >= 15 is 0 Å². The zero-order valence-corrected chi connectivity index (χ0v) is 9.71. The van der Waals surface area contributed by atoms with E-state index in [4.69, 9.17) is 9.47 Å². The molecule has 0 radical (unpaired) electrons. The van der Waals surface area contributed by atoms with E-state index in [-0.39, 0.29) is 0 Å². The first-order valence-corrected chi connectivity index (χ1v) is 5.72. The number of rotatable bonds is 1. The second-order valence-electron chi connectivity index (χ2n) is 3.37. The van der Waals surface area contributed by atoms with Crippen LogP contribution < -0.4 is 9.47 Å². The summed E-state index contributed by atoms with van der Waals surface area (Å²) in [6, 6.07) is 6.08. The lowest BCUT2D eigenvalue weighted by Gasteiger charge is -2.10. The Balaban J connectivity index is 2.32. The van der Waals surface area contributed by atoms with Crippen LogP contribution in [-0.4, -0.2) is 13.2 Å². The highest BCUT2D eigenvalue weighted by atomic mass is 79.9. The molecule has 0 aliphatic carbocycles. The molecule has 0 spiro atoms. The van der Waals surface area contributed by atoms with Crippen LogP contribution in [0.1, 0.15) is 23.7 Å². The summed E-state index contributed by atoms with van der Waals surface area (Å²) in [6.45, 7) is 3.59. The van der Waals surface area contributed by atoms with Crippen molar-refractivity contribution in [3.63, 3.8) is 0 Å². The topological polar surface area (TPSA) is 18.5 Å². The van der Waals surface area contributed by atoms with Crippen molar-refractivity contribution in [1.82, 2.24) is 0 Å². The van der Waals surface area contributed by atoms with E-state index in [0.717, 1.165) is 31.1 Å². The predicted molar refractivity (Wildman–Crippen MR) is 59.4 cm³/mol. The summed E-state index contributed by atoms with van der Waals surface area (Å²) >= 11 is 3.53. The molecule has 0 fully saturated rings. The molecule has 1 aromatic carbocycles. The van der Waals surface area contributed by atoms with Crippen molar-refractivity contribution in [3.8, 4) is 11.5 Å². The number of benzene rings is 1. The summed E-state index contributed by atoms with van der Waals surface area (Å²) in [5.74, 6) is 1.73. The fourth-order valence-corrected chi connectivity index (χ4v) is 1.71. The zero-order chi connectivity index (χ0) is 9.97.